The first kappa shape index (κ1) is 17.0. The topological polar surface area (TPSA) is 80.7 Å². The summed E-state index contributed by atoms with van der Waals surface area (Å²) in [5, 5.41) is 7.69. The van der Waals surface area contributed by atoms with E-state index in [0.717, 1.165) is 0 Å². The van der Waals surface area contributed by atoms with Crippen molar-refractivity contribution in [2.75, 3.05) is 7.11 Å². The van der Waals surface area contributed by atoms with Crippen LogP contribution >= 0.6 is 15.9 Å². The Morgan fingerprint density at radius 1 is 1.40 bits per heavy atom. The van der Waals surface area contributed by atoms with E-state index in [4.69, 9.17) is 9.84 Å². The molecule has 1 unspecified atom stereocenters. The summed E-state index contributed by atoms with van der Waals surface area (Å²) in [6.45, 7) is 3.17. The van der Waals surface area contributed by atoms with Gasteiger partial charge in [-0.2, -0.15) is 0 Å². The van der Waals surface area contributed by atoms with Gasteiger partial charge in [0.25, 0.3) is 0 Å². The maximum Gasteiger partial charge on any atom is 0.322 e. The van der Waals surface area contributed by atoms with Gasteiger partial charge in [-0.05, 0) is 39.5 Å². The number of carboxylic acids is 1. The van der Waals surface area contributed by atoms with Crippen LogP contribution in [0.2, 0.25) is 0 Å². The fourth-order valence-corrected chi connectivity index (χ4v) is 4.52. The van der Waals surface area contributed by atoms with Gasteiger partial charge < -0.3 is 9.84 Å². The van der Waals surface area contributed by atoms with Crippen molar-refractivity contribution in [2.24, 2.45) is 5.92 Å². The summed E-state index contributed by atoms with van der Waals surface area (Å²) in [5.41, 5.74) is 0.518. The SMILES string of the molecule is COc1ccc(CS(=O)(=O)C(C(=O)O)C(C)C)cc1Br. The largest absolute Gasteiger partial charge is 0.496 e. The van der Waals surface area contributed by atoms with E-state index in [1.54, 1.807) is 32.0 Å². The van der Waals surface area contributed by atoms with Gasteiger partial charge in [0, 0.05) is 0 Å². The number of benzene rings is 1. The number of halogens is 1. The second kappa shape index (κ2) is 6.58. The highest BCUT2D eigenvalue weighted by atomic mass is 79.9. The van der Waals surface area contributed by atoms with Gasteiger partial charge in [0.05, 0.1) is 17.3 Å². The minimum Gasteiger partial charge on any atom is -0.496 e. The van der Waals surface area contributed by atoms with Gasteiger partial charge in [-0.15, -0.1) is 0 Å². The van der Waals surface area contributed by atoms with Crippen LogP contribution in [0.3, 0.4) is 0 Å². The van der Waals surface area contributed by atoms with E-state index in [-0.39, 0.29) is 5.75 Å². The number of rotatable bonds is 6. The molecule has 112 valence electrons. The minimum atomic E-state index is -3.77. The molecular formula is C13H17BrO5S. The molecule has 0 fully saturated rings. The standard InChI is InChI=1S/C13H17BrO5S/c1-8(2)12(13(15)16)20(17,18)7-9-4-5-11(19-3)10(14)6-9/h4-6,8,12H,7H2,1-3H3,(H,15,16). The monoisotopic (exact) mass is 364 g/mol. The number of carboxylic acid groups (broad SMARTS) is 1. The van der Waals surface area contributed by atoms with Gasteiger partial charge in [-0.1, -0.05) is 19.9 Å². The summed E-state index contributed by atoms with van der Waals surface area (Å²) in [4.78, 5) is 11.1. The van der Waals surface area contributed by atoms with E-state index in [2.05, 4.69) is 15.9 Å². The van der Waals surface area contributed by atoms with Crippen molar-refractivity contribution < 1.29 is 23.1 Å². The summed E-state index contributed by atoms with van der Waals surface area (Å²) >= 11 is 3.27. The predicted molar refractivity (Wildman–Crippen MR) is 79.6 cm³/mol. The molecular weight excluding hydrogens is 348 g/mol. The number of carbonyl (C=O) groups is 1. The third-order valence-corrected chi connectivity index (χ3v) is 5.70. The Bertz CT molecular complexity index is 595. The second-order valence-corrected chi connectivity index (χ2v) is 7.76. The van der Waals surface area contributed by atoms with Gasteiger partial charge in [-0.25, -0.2) is 8.42 Å². The van der Waals surface area contributed by atoms with Crippen molar-refractivity contribution in [3.8, 4) is 5.75 Å². The summed E-state index contributed by atoms with van der Waals surface area (Å²) in [6, 6.07) is 4.87. The Morgan fingerprint density at radius 3 is 2.40 bits per heavy atom. The smallest absolute Gasteiger partial charge is 0.322 e. The van der Waals surface area contributed by atoms with Crippen LogP contribution in [0, 0.1) is 5.92 Å². The zero-order chi connectivity index (χ0) is 15.5. The maximum atomic E-state index is 12.2. The maximum absolute atomic E-state index is 12.2. The van der Waals surface area contributed by atoms with Gasteiger partial charge in [0.15, 0.2) is 15.1 Å². The molecule has 0 saturated heterocycles. The zero-order valence-corrected chi connectivity index (χ0v) is 13.9. The molecule has 0 saturated carbocycles. The van der Waals surface area contributed by atoms with Crippen LogP contribution in [0.25, 0.3) is 0 Å². The summed E-state index contributed by atoms with van der Waals surface area (Å²) in [7, 11) is -2.26. The Kier molecular flexibility index (Phi) is 5.59. The second-order valence-electron chi connectivity index (χ2n) is 4.78. The number of sulfone groups is 1. The van der Waals surface area contributed by atoms with E-state index >= 15 is 0 Å². The van der Waals surface area contributed by atoms with Crippen molar-refractivity contribution in [1.82, 2.24) is 0 Å². The number of aliphatic carboxylic acids is 1. The molecule has 1 atom stereocenters. The number of hydrogen-bond acceptors (Lipinski definition) is 4. The van der Waals surface area contributed by atoms with Crippen LogP contribution in [-0.2, 0) is 20.4 Å². The third-order valence-electron chi connectivity index (χ3n) is 2.82. The zero-order valence-electron chi connectivity index (χ0n) is 11.5. The molecule has 0 aliphatic carbocycles. The van der Waals surface area contributed by atoms with Crippen molar-refractivity contribution in [3.63, 3.8) is 0 Å². The average molecular weight is 365 g/mol. The number of hydrogen-bond donors (Lipinski definition) is 1. The minimum absolute atomic E-state index is 0.315. The van der Waals surface area contributed by atoms with Crippen molar-refractivity contribution in [1.29, 1.82) is 0 Å². The summed E-state index contributed by atoms with van der Waals surface area (Å²) < 4.78 is 30.1. The molecule has 20 heavy (non-hydrogen) atoms. The van der Waals surface area contributed by atoms with Gasteiger partial charge in [0.1, 0.15) is 5.75 Å². The molecule has 0 aliphatic heterocycles. The van der Waals surface area contributed by atoms with Crippen molar-refractivity contribution >= 4 is 31.7 Å². The molecule has 0 radical (unpaired) electrons. The number of methoxy groups -OCH3 is 1. The fraction of sp³-hybridized carbons (Fsp3) is 0.462. The predicted octanol–water partition coefficient (Wildman–Crippen LogP) is 2.48. The summed E-state index contributed by atoms with van der Waals surface area (Å²) in [5.74, 6) is -1.53. The summed E-state index contributed by atoms with van der Waals surface area (Å²) in [6.07, 6.45) is 0. The van der Waals surface area contributed by atoms with Crippen LogP contribution in [0.15, 0.2) is 22.7 Å². The van der Waals surface area contributed by atoms with Crippen molar-refractivity contribution in [2.45, 2.75) is 24.9 Å². The van der Waals surface area contributed by atoms with Crippen LogP contribution in [0.4, 0.5) is 0 Å². The molecule has 1 aromatic carbocycles. The Hall–Kier alpha value is -1.08. The molecule has 0 spiro atoms. The molecule has 0 heterocycles. The molecule has 1 N–H and O–H groups in total. The van der Waals surface area contributed by atoms with E-state index in [0.29, 0.717) is 15.8 Å². The lowest BCUT2D eigenvalue weighted by Crippen LogP contribution is -2.35. The Morgan fingerprint density at radius 2 is 2.00 bits per heavy atom. The highest BCUT2D eigenvalue weighted by Gasteiger charge is 2.35. The molecule has 5 nitrogen and oxygen atoms in total. The van der Waals surface area contributed by atoms with Crippen LogP contribution in [-0.4, -0.2) is 31.9 Å². The number of ether oxygens (including phenoxy) is 1. The molecule has 0 amide bonds. The molecule has 0 aromatic heterocycles. The first-order valence-electron chi connectivity index (χ1n) is 5.96. The lowest BCUT2D eigenvalue weighted by molar-refractivity contribution is -0.137. The first-order chi connectivity index (χ1) is 9.19. The van der Waals surface area contributed by atoms with Gasteiger partial charge in [0.2, 0.25) is 0 Å². The molecule has 0 bridgehead atoms. The van der Waals surface area contributed by atoms with Crippen LogP contribution in [0.1, 0.15) is 19.4 Å². The van der Waals surface area contributed by atoms with Crippen molar-refractivity contribution in [3.05, 3.63) is 28.2 Å². The van der Waals surface area contributed by atoms with Crippen LogP contribution < -0.4 is 4.74 Å². The average Bonchev–Trinajstić information content (AvgIpc) is 2.26. The lowest BCUT2D eigenvalue weighted by atomic mass is 10.1. The van der Waals surface area contributed by atoms with Gasteiger partial charge >= 0.3 is 5.97 Å². The van der Waals surface area contributed by atoms with E-state index in [1.165, 1.54) is 7.11 Å². The van der Waals surface area contributed by atoms with Gasteiger partial charge in [-0.3, -0.25) is 4.79 Å². The quantitative estimate of drug-likeness (QED) is 0.838. The Labute approximate surface area is 127 Å². The van der Waals surface area contributed by atoms with Crippen LogP contribution in [0.5, 0.6) is 5.75 Å². The molecule has 1 aromatic rings. The fourth-order valence-electron chi connectivity index (χ4n) is 1.98. The van der Waals surface area contributed by atoms with E-state index in [9.17, 15) is 13.2 Å². The normalized spacial score (nSPS) is 13.2. The lowest BCUT2D eigenvalue weighted by Gasteiger charge is -2.17. The van der Waals surface area contributed by atoms with E-state index < -0.39 is 27.0 Å². The Balaban J connectivity index is 3.07. The first-order valence-corrected chi connectivity index (χ1v) is 8.46. The van der Waals surface area contributed by atoms with E-state index in [1.807, 2.05) is 0 Å². The highest BCUT2D eigenvalue weighted by Crippen LogP contribution is 2.27. The molecule has 0 aliphatic rings. The highest BCUT2D eigenvalue weighted by molar-refractivity contribution is 9.10. The third kappa shape index (κ3) is 3.96. The molecule has 1 rings (SSSR count). The molecule has 7 heteroatoms.